The zero-order chi connectivity index (χ0) is 14.7. The number of nitrogens with zero attached hydrogens (tertiary/aromatic N) is 2. The van der Waals surface area contributed by atoms with Crippen molar-refractivity contribution in [2.75, 3.05) is 13.6 Å². The highest BCUT2D eigenvalue weighted by Gasteiger charge is 2.38. The summed E-state index contributed by atoms with van der Waals surface area (Å²) >= 11 is 0. The SMILES string of the molecule is C[C@H]1C(=O)N(C/C=C/c2ccccc2)[C@@H](C)C(=O)N1C. The van der Waals surface area contributed by atoms with Crippen molar-refractivity contribution in [2.24, 2.45) is 0 Å². The lowest BCUT2D eigenvalue weighted by molar-refractivity contribution is -0.157. The number of hydrogen-bond donors (Lipinski definition) is 0. The maximum absolute atomic E-state index is 12.2. The number of hydrogen-bond acceptors (Lipinski definition) is 2. The minimum atomic E-state index is -0.399. The van der Waals surface area contributed by atoms with Gasteiger partial charge in [0.2, 0.25) is 11.8 Å². The van der Waals surface area contributed by atoms with E-state index in [2.05, 4.69) is 0 Å². The average Bonchev–Trinajstić information content (AvgIpc) is 2.48. The van der Waals surface area contributed by atoms with E-state index >= 15 is 0 Å². The minimum Gasteiger partial charge on any atom is -0.332 e. The van der Waals surface area contributed by atoms with Gasteiger partial charge in [-0.15, -0.1) is 0 Å². The summed E-state index contributed by atoms with van der Waals surface area (Å²) in [6.45, 7) is 4.00. The molecule has 0 saturated carbocycles. The maximum Gasteiger partial charge on any atom is 0.246 e. The Labute approximate surface area is 119 Å². The van der Waals surface area contributed by atoms with Crippen LogP contribution in [0.5, 0.6) is 0 Å². The lowest BCUT2D eigenvalue weighted by Gasteiger charge is -2.40. The summed E-state index contributed by atoms with van der Waals surface area (Å²) in [6, 6.07) is 9.11. The molecule has 0 spiro atoms. The van der Waals surface area contributed by atoms with Gasteiger partial charge in [-0.3, -0.25) is 9.59 Å². The molecule has 1 fully saturated rings. The monoisotopic (exact) mass is 272 g/mol. The van der Waals surface area contributed by atoms with Crippen LogP contribution >= 0.6 is 0 Å². The van der Waals surface area contributed by atoms with E-state index in [4.69, 9.17) is 0 Å². The van der Waals surface area contributed by atoms with Crippen LogP contribution in [0, 0.1) is 0 Å². The zero-order valence-electron chi connectivity index (χ0n) is 12.1. The van der Waals surface area contributed by atoms with Crippen molar-refractivity contribution in [3.63, 3.8) is 0 Å². The fourth-order valence-corrected chi connectivity index (χ4v) is 2.33. The van der Waals surface area contributed by atoms with E-state index < -0.39 is 6.04 Å². The van der Waals surface area contributed by atoms with E-state index in [1.165, 1.54) is 4.90 Å². The van der Waals surface area contributed by atoms with Gasteiger partial charge in [-0.2, -0.15) is 0 Å². The van der Waals surface area contributed by atoms with E-state index in [-0.39, 0.29) is 17.9 Å². The zero-order valence-corrected chi connectivity index (χ0v) is 12.1. The number of amides is 2. The Morgan fingerprint density at radius 2 is 1.70 bits per heavy atom. The van der Waals surface area contributed by atoms with Crippen molar-refractivity contribution in [1.29, 1.82) is 0 Å². The molecule has 2 rings (SSSR count). The topological polar surface area (TPSA) is 40.6 Å². The van der Waals surface area contributed by atoms with Crippen LogP contribution in [-0.2, 0) is 9.59 Å². The first kappa shape index (κ1) is 14.3. The molecule has 1 saturated heterocycles. The molecule has 20 heavy (non-hydrogen) atoms. The van der Waals surface area contributed by atoms with Gasteiger partial charge in [-0.25, -0.2) is 0 Å². The molecule has 1 aromatic carbocycles. The Bertz CT molecular complexity index is 525. The van der Waals surface area contributed by atoms with Gasteiger partial charge in [0.25, 0.3) is 0 Å². The number of likely N-dealkylation sites (N-methyl/N-ethyl adjacent to an activating group) is 1. The second-order valence-electron chi connectivity index (χ2n) is 5.10. The molecule has 0 aromatic heterocycles. The first-order valence-electron chi connectivity index (χ1n) is 6.81. The number of benzene rings is 1. The molecule has 2 atom stereocenters. The Morgan fingerprint density at radius 1 is 1.05 bits per heavy atom. The summed E-state index contributed by atoms with van der Waals surface area (Å²) in [5.41, 5.74) is 1.08. The fraction of sp³-hybridized carbons (Fsp3) is 0.375. The highest BCUT2D eigenvalue weighted by molar-refractivity contribution is 5.96. The molecule has 4 heteroatoms. The van der Waals surface area contributed by atoms with Crippen LogP contribution in [-0.4, -0.2) is 47.3 Å². The van der Waals surface area contributed by atoms with Gasteiger partial charge in [0.05, 0.1) is 0 Å². The molecule has 4 nitrogen and oxygen atoms in total. The molecule has 1 aliphatic heterocycles. The number of carbonyl (C=O) groups excluding carboxylic acids is 2. The lowest BCUT2D eigenvalue weighted by atomic mass is 10.1. The first-order valence-corrected chi connectivity index (χ1v) is 6.81. The molecule has 0 radical (unpaired) electrons. The Kier molecular flexibility index (Phi) is 4.23. The molecular weight excluding hydrogens is 252 g/mol. The van der Waals surface area contributed by atoms with Crippen LogP contribution in [0.4, 0.5) is 0 Å². The molecule has 2 amide bonds. The summed E-state index contributed by atoms with van der Waals surface area (Å²) in [4.78, 5) is 27.4. The third kappa shape index (κ3) is 2.74. The first-order chi connectivity index (χ1) is 9.52. The van der Waals surface area contributed by atoms with E-state index in [1.54, 1.807) is 25.8 Å². The predicted octanol–water partition coefficient (Wildman–Crippen LogP) is 1.78. The molecule has 1 heterocycles. The standard InChI is InChI=1S/C16H20N2O2/c1-12-16(20)18(13(2)15(19)17(12)3)11-7-10-14-8-5-4-6-9-14/h4-10,12-13H,11H2,1-3H3/b10-7+/t12-,13-/m0/s1. The van der Waals surface area contributed by atoms with Crippen LogP contribution in [0.3, 0.4) is 0 Å². The van der Waals surface area contributed by atoms with Gasteiger partial charge in [0, 0.05) is 13.6 Å². The Hall–Kier alpha value is -2.10. The quantitative estimate of drug-likeness (QED) is 0.841. The van der Waals surface area contributed by atoms with E-state index in [1.807, 2.05) is 42.5 Å². The van der Waals surface area contributed by atoms with Gasteiger partial charge in [0.15, 0.2) is 0 Å². The molecule has 1 aliphatic rings. The molecule has 106 valence electrons. The molecular formula is C16H20N2O2. The predicted molar refractivity (Wildman–Crippen MR) is 78.9 cm³/mol. The van der Waals surface area contributed by atoms with Crippen molar-refractivity contribution in [2.45, 2.75) is 25.9 Å². The highest BCUT2D eigenvalue weighted by Crippen LogP contribution is 2.16. The van der Waals surface area contributed by atoms with Crippen molar-refractivity contribution in [3.05, 3.63) is 42.0 Å². The molecule has 0 unspecified atom stereocenters. The normalized spacial score (nSPS) is 23.8. The maximum atomic E-state index is 12.2. The summed E-state index contributed by atoms with van der Waals surface area (Å²) in [7, 11) is 1.68. The number of rotatable bonds is 3. The minimum absolute atomic E-state index is 0.00249. The molecule has 0 N–H and O–H groups in total. The highest BCUT2D eigenvalue weighted by atomic mass is 16.2. The average molecular weight is 272 g/mol. The van der Waals surface area contributed by atoms with E-state index in [0.29, 0.717) is 6.54 Å². The van der Waals surface area contributed by atoms with Gasteiger partial charge < -0.3 is 9.80 Å². The van der Waals surface area contributed by atoms with Crippen LogP contribution < -0.4 is 0 Å². The summed E-state index contributed by atoms with van der Waals surface area (Å²) < 4.78 is 0. The Balaban J connectivity index is 2.06. The van der Waals surface area contributed by atoms with Gasteiger partial charge in [-0.1, -0.05) is 42.5 Å². The van der Waals surface area contributed by atoms with Crippen LogP contribution in [0.15, 0.2) is 36.4 Å². The smallest absolute Gasteiger partial charge is 0.246 e. The van der Waals surface area contributed by atoms with E-state index in [0.717, 1.165) is 5.56 Å². The van der Waals surface area contributed by atoms with Gasteiger partial charge >= 0.3 is 0 Å². The van der Waals surface area contributed by atoms with Gasteiger partial charge in [-0.05, 0) is 19.4 Å². The fourth-order valence-electron chi connectivity index (χ4n) is 2.33. The molecule has 0 bridgehead atoms. The lowest BCUT2D eigenvalue weighted by Crippen LogP contribution is -2.61. The van der Waals surface area contributed by atoms with Crippen LogP contribution in [0.2, 0.25) is 0 Å². The number of carbonyl (C=O) groups is 2. The van der Waals surface area contributed by atoms with Gasteiger partial charge in [0.1, 0.15) is 12.1 Å². The third-order valence-corrected chi connectivity index (χ3v) is 3.81. The largest absolute Gasteiger partial charge is 0.332 e. The van der Waals surface area contributed by atoms with Crippen molar-refractivity contribution in [3.8, 4) is 0 Å². The summed E-state index contributed by atoms with van der Waals surface area (Å²) in [5, 5.41) is 0. The molecule has 1 aromatic rings. The van der Waals surface area contributed by atoms with Crippen molar-refractivity contribution >= 4 is 17.9 Å². The Morgan fingerprint density at radius 3 is 2.35 bits per heavy atom. The summed E-state index contributed by atoms with van der Waals surface area (Å²) in [6.07, 6.45) is 3.89. The third-order valence-electron chi connectivity index (χ3n) is 3.81. The van der Waals surface area contributed by atoms with Crippen LogP contribution in [0.1, 0.15) is 19.4 Å². The molecule has 0 aliphatic carbocycles. The second-order valence-corrected chi connectivity index (χ2v) is 5.10. The van der Waals surface area contributed by atoms with Crippen molar-refractivity contribution in [1.82, 2.24) is 9.80 Å². The van der Waals surface area contributed by atoms with Crippen LogP contribution in [0.25, 0.3) is 6.08 Å². The van der Waals surface area contributed by atoms with E-state index in [9.17, 15) is 9.59 Å². The number of piperazine rings is 1. The van der Waals surface area contributed by atoms with Crippen molar-refractivity contribution < 1.29 is 9.59 Å². The summed E-state index contributed by atoms with van der Waals surface area (Å²) in [5.74, 6) is -0.0116. The second kappa shape index (κ2) is 5.90.